The summed E-state index contributed by atoms with van der Waals surface area (Å²) in [4.78, 5) is 5.18. The Morgan fingerprint density at radius 2 is 0.770 bits per heavy atom. The van der Waals surface area contributed by atoms with E-state index < -0.39 is 5.41 Å². The van der Waals surface area contributed by atoms with Crippen LogP contribution in [0, 0.1) is 0 Å². The monoisotopic (exact) mass is 797 g/mol. The maximum atomic E-state index is 2.58. The van der Waals surface area contributed by atoms with Crippen molar-refractivity contribution in [1.29, 1.82) is 0 Å². The van der Waals surface area contributed by atoms with Gasteiger partial charge in [0.1, 0.15) is 0 Å². The zero-order chi connectivity index (χ0) is 40.8. The van der Waals surface area contributed by atoms with Crippen LogP contribution in [0.25, 0.3) is 44.2 Å². The lowest BCUT2D eigenvalue weighted by Gasteiger charge is -2.41. The predicted molar refractivity (Wildman–Crippen MR) is 255 cm³/mol. The molecule has 9 aromatic carbocycles. The van der Waals surface area contributed by atoms with Gasteiger partial charge in [-0.25, -0.2) is 0 Å². The SMILES string of the molecule is CC1(C)c2ccccc2-c2ccc(N(c3ccc4c(c3)C(C)(C)c3ccccc3-4)c3cccc4c3Sc3cc5ccccc5cc3C43c4ccccc4-c4ccccc43)cc21. The normalized spacial score (nSPS) is 15.9. The molecule has 0 bridgehead atoms. The van der Waals surface area contributed by atoms with E-state index in [-0.39, 0.29) is 10.8 Å². The molecule has 0 unspecified atom stereocenters. The van der Waals surface area contributed by atoms with E-state index in [0.717, 1.165) is 0 Å². The molecule has 13 rings (SSSR count). The quantitative estimate of drug-likeness (QED) is 0.175. The molecule has 2 heteroatoms. The Bertz CT molecular complexity index is 3210. The van der Waals surface area contributed by atoms with Gasteiger partial charge in [0.15, 0.2) is 0 Å². The van der Waals surface area contributed by atoms with Gasteiger partial charge in [-0.05, 0) is 131 Å². The third-order valence-corrected chi connectivity index (χ3v) is 15.9. The van der Waals surface area contributed by atoms with Crippen LogP contribution in [0.3, 0.4) is 0 Å². The number of anilines is 3. The summed E-state index contributed by atoms with van der Waals surface area (Å²) in [6.45, 7) is 9.56. The van der Waals surface area contributed by atoms with E-state index in [1.807, 2.05) is 11.8 Å². The molecule has 1 spiro atoms. The molecule has 0 radical (unpaired) electrons. The molecular formula is C59H43NS. The molecule has 0 saturated carbocycles. The summed E-state index contributed by atoms with van der Waals surface area (Å²) in [6, 6.07) is 71.7. The average molecular weight is 798 g/mol. The number of hydrogen-bond acceptors (Lipinski definition) is 2. The predicted octanol–water partition coefficient (Wildman–Crippen LogP) is 15.7. The second-order valence-corrected chi connectivity index (χ2v) is 19.5. The smallest absolute Gasteiger partial charge is 0.0736 e. The lowest BCUT2D eigenvalue weighted by Crippen LogP contribution is -2.32. The van der Waals surface area contributed by atoms with Gasteiger partial charge in [-0.2, -0.15) is 0 Å². The van der Waals surface area contributed by atoms with Crippen LogP contribution < -0.4 is 4.90 Å². The molecular weight excluding hydrogens is 755 g/mol. The zero-order valence-electron chi connectivity index (χ0n) is 34.8. The van der Waals surface area contributed by atoms with Crippen LogP contribution in [0.15, 0.2) is 198 Å². The third-order valence-electron chi connectivity index (χ3n) is 14.7. The van der Waals surface area contributed by atoms with Gasteiger partial charge in [0.05, 0.1) is 11.1 Å². The Hall–Kier alpha value is -6.61. The summed E-state index contributed by atoms with van der Waals surface area (Å²) in [5.41, 5.74) is 21.7. The first-order valence-corrected chi connectivity index (χ1v) is 22.4. The Morgan fingerprint density at radius 1 is 0.344 bits per heavy atom. The van der Waals surface area contributed by atoms with Gasteiger partial charge in [0.2, 0.25) is 0 Å². The van der Waals surface area contributed by atoms with Crippen LogP contribution in [-0.2, 0) is 16.2 Å². The van der Waals surface area contributed by atoms with E-state index >= 15 is 0 Å². The Balaban J connectivity index is 1.11. The van der Waals surface area contributed by atoms with Crippen molar-refractivity contribution in [3.05, 3.63) is 233 Å². The highest BCUT2D eigenvalue weighted by atomic mass is 32.2. The summed E-state index contributed by atoms with van der Waals surface area (Å²) >= 11 is 1.94. The number of rotatable bonds is 3. The van der Waals surface area contributed by atoms with Crippen LogP contribution in [0.2, 0.25) is 0 Å². The van der Waals surface area contributed by atoms with Crippen molar-refractivity contribution in [3.8, 4) is 33.4 Å². The molecule has 0 amide bonds. The lowest BCUT2D eigenvalue weighted by molar-refractivity contribution is 0.660. The summed E-state index contributed by atoms with van der Waals surface area (Å²) in [6.07, 6.45) is 0. The summed E-state index contributed by atoms with van der Waals surface area (Å²) in [7, 11) is 0. The van der Waals surface area contributed by atoms with Gasteiger partial charge in [0, 0.05) is 32.0 Å². The largest absolute Gasteiger partial charge is 0.309 e. The fourth-order valence-corrected chi connectivity index (χ4v) is 13.2. The Morgan fingerprint density at radius 3 is 1.31 bits per heavy atom. The standard InChI is InChI=1S/C59H43NS/c1-57(2)46-22-11-7-18-40(46)44-30-28-38(34-51(44)57)60(39-29-31-45-41-19-8-12-23-47(41)58(3,4)52(45)35-39)54-27-15-26-50-56(54)61-55-33-37-17-6-5-16-36(37)32-53(55)59(50)48-24-13-9-20-42(48)43-21-10-14-25-49(43)59/h5-35H,1-4H3. The first-order chi connectivity index (χ1) is 29.8. The molecule has 1 aliphatic heterocycles. The molecule has 0 aromatic heterocycles. The van der Waals surface area contributed by atoms with Crippen molar-refractivity contribution >= 4 is 39.6 Å². The molecule has 0 fully saturated rings. The maximum absolute atomic E-state index is 2.58. The van der Waals surface area contributed by atoms with Gasteiger partial charge < -0.3 is 4.90 Å². The average Bonchev–Trinajstić information content (AvgIpc) is 3.81. The van der Waals surface area contributed by atoms with Gasteiger partial charge in [-0.15, -0.1) is 0 Å². The molecule has 61 heavy (non-hydrogen) atoms. The maximum Gasteiger partial charge on any atom is 0.0736 e. The van der Waals surface area contributed by atoms with Crippen LogP contribution in [0.1, 0.15) is 72.2 Å². The van der Waals surface area contributed by atoms with E-state index in [1.54, 1.807) is 0 Å². The van der Waals surface area contributed by atoms with Crippen LogP contribution in [0.5, 0.6) is 0 Å². The summed E-state index contributed by atoms with van der Waals surface area (Å²) in [5, 5.41) is 2.54. The topological polar surface area (TPSA) is 3.24 Å². The highest BCUT2D eigenvalue weighted by Crippen LogP contribution is 2.65. The van der Waals surface area contributed by atoms with Crippen molar-refractivity contribution in [2.45, 2.75) is 53.7 Å². The summed E-state index contributed by atoms with van der Waals surface area (Å²) < 4.78 is 0. The van der Waals surface area contributed by atoms with Gasteiger partial charge in [-0.3, -0.25) is 0 Å². The van der Waals surface area contributed by atoms with Gasteiger partial charge >= 0.3 is 0 Å². The van der Waals surface area contributed by atoms with Crippen LogP contribution >= 0.6 is 11.8 Å². The molecule has 0 atom stereocenters. The number of nitrogens with zero attached hydrogens (tertiary/aromatic N) is 1. The minimum Gasteiger partial charge on any atom is -0.309 e. The third kappa shape index (κ3) is 4.53. The molecule has 0 N–H and O–H groups in total. The lowest BCUT2D eigenvalue weighted by atomic mass is 9.67. The van der Waals surface area contributed by atoms with Crippen molar-refractivity contribution in [3.63, 3.8) is 0 Å². The minimum atomic E-state index is -0.502. The van der Waals surface area contributed by atoms with Gasteiger partial charge in [-0.1, -0.05) is 185 Å². The highest BCUT2D eigenvalue weighted by Gasteiger charge is 2.51. The molecule has 9 aromatic rings. The molecule has 1 heterocycles. The fourth-order valence-electron chi connectivity index (χ4n) is 11.9. The fraction of sp³-hybridized carbons (Fsp3) is 0.119. The van der Waals surface area contributed by atoms with Crippen molar-refractivity contribution in [1.82, 2.24) is 0 Å². The Kier molecular flexibility index (Phi) is 7.06. The zero-order valence-corrected chi connectivity index (χ0v) is 35.6. The van der Waals surface area contributed by atoms with Crippen molar-refractivity contribution in [2.24, 2.45) is 0 Å². The van der Waals surface area contributed by atoms with E-state index in [0.29, 0.717) is 0 Å². The molecule has 1 nitrogen and oxygen atoms in total. The second kappa shape index (κ2) is 12.2. The van der Waals surface area contributed by atoms with E-state index in [2.05, 4.69) is 221 Å². The molecule has 3 aliphatic carbocycles. The number of fused-ring (bicyclic) bond motifs is 16. The van der Waals surface area contributed by atoms with E-state index in [4.69, 9.17) is 0 Å². The highest BCUT2D eigenvalue weighted by molar-refractivity contribution is 7.99. The Labute approximate surface area is 362 Å². The van der Waals surface area contributed by atoms with Crippen LogP contribution in [0.4, 0.5) is 17.1 Å². The molecule has 290 valence electrons. The first kappa shape index (κ1) is 35.2. The van der Waals surface area contributed by atoms with E-state index in [9.17, 15) is 0 Å². The molecule has 4 aliphatic rings. The summed E-state index contributed by atoms with van der Waals surface area (Å²) in [5.74, 6) is 0. The minimum absolute atomic E-state index is 0.138. The van der Waals surface area contributed by atoms with Crippen molar-refractivity contribution in [2.75, 3.05) is 4.90 Å². The number of benzene rings is 9. The molecule has 0 saturated heterocycles. The number of hydrogen-bond donors (Lipinski definition) is 0. The van der Waals surface area contributed by atoms with Crippen LogP contribution in [-0.4, -0.2) is 0 Å². The van der Waals surface area contributed by atoms with E-state index in [1.165, 1.54) is 116 Å². The second-order valence-electron chi connectivity index (χ2n) is 18.4. The van der Waals surface area contributed by atoms with Gasteiger partial charge in [0.25, 0.3) is 0 Å². The van der Waals surface area contributed by atoms with Crippen molar-refractivity contribution < 1.29 is 0 Å². The first-order valence-electron chi connectivity index (χ1n) is 21.6.